The summed E-state index contributed by atoms with van der Waals surface area (Å²) in [5, 5.41) is 7.13. The van der Waals surface area contributed by atoms with E-state index in [2.05, 4.69) is 15.8 Å². The summed E-state index contributed by atoms with van der Waals surface area (Å²) in [6.07, 6.45) is 1.33. The molecule has 0 bridgehead atoms. The van der Waals surface area contributed by atoms with Gasteiger partial charge in [0.2, 0.25) is 0 Å². The molecule has 0 aliphatic heterocycles. The van der Waals surface area contributed by atoms with E-state index in [0.717, 1.165) is 0 Å². The molecule has 8 heteroatoms. The number of anilines is 1. The molecule has 0 spiro atoms. The second-order valence-electron chi connectivity index (χ2n) is 4.30. The van der Waals surface area contributed by atoms with Gasteiger partial charge in [-0.15, -0.1) is 0 Å². The van der Waals surface area contributed by atoms with Gasteiger partial charge >= 0.3 is 11.8 Å². The fourth-order valence-corrected chi connectivity index (χ4v) is 2.08. The lowest BCUT2D eigenvalue weighted by atomic mass is 10.2. The van der Waals surface area contributed by atoms with Gasteiger partial charge in [-0.2, -0.15) is 5.10 Å². The summed E-state index contributed by atoms with van der Waals surface area (Å²) in [7, 11) is 0. The number of hydrazone groups is 1. The highest BCUT2D eigenvalue weighted by Crippen LogP contribution is 2.25. The van der Waals surface area contributed by atoms with E-state index in [1.807, 2.05) is 0 Å². The van der Waals surface area contributed by atoms with Crippen LogP contribution in [0.4, 0.5) is 5.69 Å². The Balaban J connectivity index is 1.97. The third kappa shape index (κ3) is 4.96. The Morgan fingerprint density at radius 1 is 0.957 bits per heavy atom. The van der Waals surface area contributed by atoms with Crippen LogP contribution in [-0.4, -0.2) is 18.0 Å². The number of nitrogens with zero attached hydrogens (tertiary/aromatic N) is 1. The summed E-state index contributed by atoms with van der Waals surface area (Å²) in [5.41, 5.74) is 2.93. The minimum absolute atomic E-state index is 0.231. The van der Waals surface area contributed by atoms with Gasteiger partial charge in [-0.05, 0) is 24.3 Å². The van der Waals surface area contributed by atoms with Crippen molar-refractivity contribution in [3.8, 4) is 0 Å². The van der Waals surface area contributed by atoms with Crippen molar-refractivity contribution >= 4 is 58.5 Å². The van der Waals surface area contributed by atoms with Crippen LogP contribution in [0.5, 0.6) is 0 Å². The lowest BCUT2D eigenvalue weighted by Crippen LogP contribution is -2.32. The van der Waals surface area contributed by atoms with E-state index >= 15 is 0 Å². The highest BCUT2D eigenvalue weighted by molar-refractivity contribution is 6.42. The van der Waals surface area contributed by atoms with Crippen LogP contribution in [-0.2, 0) is 9.59 Å². The SMILES string of the molecule is O=C(N/N=C\c1ccccc1Cl)C(=O)Nc1cc(Cl)ccc1Cl. The first-order valence-electron chi connectivity index (χ1n) is 6.31. The summed E-state index contributed by atoms with van der Waals surface area (Å²) in [5.74, 6) is -1.88. The van der Waals surface area contributed by atoms with Crippen molar-refractivity contribution in [2.75, 3.05) is 5.32 Å². The molecule has 118 valence electrons. The van der Waals surface area contributed by atoms with E-state index in [4.69, 9.17) is 34.8 Å². The Bertz CT molecular complexity index is 778. The van der Waals surface area contributed by atoms with E-state index < -0.39 is 11.8 Å². The van der Waals surface area contributed by atoms with Gasteiger partial charge in [0.1, 0.15) is 0 Å². The van der Waals surface area contributed by atoms with Gasteiger partial charge in [0.25, 0.3) is 0 Å². The molecular formula is C15H10Cl3N3O2. The van der Waals surface area contributed by atoms with E-state index in [-0.39, 0.29) is 10.7 Å². The third-order valence-electron chi connectivity index (χ3n) is 2.66. The number of hydrogen-bond acceptors (Lipinski definition) is 3. The zero-order valence-electron chi connectivity index (χ0n) is 11.5. The van der Waals surface area contributed by atoms with E-state index in [9.17, 15) is 9.59 Å². The molecule has 5 nitrogen and oxygen atoms in total. The maximum absolute atomic E-state index is 11.8. The second kappa shape index (κ2) is 7.97. The Morgan fingerprint density at radius 3 is 2.43 bits per heavy atom. The van der Waals surface area contributed by atoms with Gasteiger partial charge in [-0.3, -0.25) is 9.59 Å². The van der Waals surface area contributed by atoms with Crippen molar-refractivity contribution in [3.05, 3.63) is 63.1 Å². The summed E-state index contributed by atoms with van der Waals surface area (Å²) in [6, 6.07) is 11.4. The van der Waals surface area contributed by atoms with Gasteiger partial charge < -0.3 is 5.32 Å². The molecule has 2 N–H and O–H groups in total. The molecule has 0 aromatic heterocycles. The average molecular weight is 371 g/mol. The van der Waals surface area contributed by atoms with Gasteiger partial charge in [0.15, 0.2) is 0 Å². The van der Waals surface area contributed by atoms with Crippen molar-refractivity contribution in [2.24, 2.45) is 5.10 Å². The number of carbonyl (C=O) groups excluding carboxylic acids is 2. The van der Waals surface area contributed by atoms with Gasteiger partial charge in [0, 0.05) is 15.6 Å². The first kappa shape index (κ1) is 17.3. The monoisotopic (exact) mass is 369 g/mol. The quantitative estimate of drug-likeness (QED) is 0.491. The fraction of sp³-hybridized carbons (Fsp3) is 0. The first-order chi connectivity index (χ1) is 11.0. The molecule has 0 atom stereocenters. The number of nitrogens with one attached hydrogen (secondary N) is 2. The van der Waals surface area contributed by atoms with E-state index in [1.165, 1.54) is 18.3 Å². The zero-order valence-corrected chi connectivity index (χ0v) is 13.8. The highest BCUT2D eigenvalue weighted by Gasteiger charge is 2.14. The molecule has 2 aromatic rings. The second-order valence-corrected chi connectivity index (χ2v) is 5.55. The number of hydrogen-bond donors (Lipinski definition) is 2. The van der Waals surface area contributed by atoms with Crippen LogP contribution in [0.15, 0.2) is 47.6 Å². The lowest BCUT2D eigenvalue weighted by Gasteiger charge is -2.06. The molecule has 2 rings (SSSR count). The molecule has 2 amide bonds. The summed E-state index contributed by atoms with van der Waals surface area (Å²) < 4.78 is 0. The maximum Gasteiger partial charge on any atom is 0.329 e. The van der Waals surface area contributed by atoms with Crippen LogP contribution in [0.1, 0.15) is 5.56 Å². The van der Waals surface area contributed by atoms with Crippen molar-refractivity contribution in [2.45, 2.75) is 0 Å². The molecule has 0 saturated carbocycles. The summed E-state index contributed by atoms with van der Waals surface area (Å²) >= 11 is 17.6. The highest BCUT2D eigenvalue weighted by atomic mass is 35.5. The lowest BCUT2D eigenvalue weighted by molar-refractivity contribution is -0.136. The maximum atomic E-state index is 11.8. The van der Waals surface area contributed by atoms with Crippen LogP contribution < -0.4 is 10.7 Å². The number of rotatable bonds is 3. The third-order valence-corrected chi connectivity index (χ3v) is 3.57. The Hall–Kier alpha value is -2.08. The number of amides is 2. The van der Waals surface area contributed by atoms with Gasteiger partial charge in [-0.25, -0.2) is 5.43 Å². The van der Waals surface area contributed by atoms with Crippen LogP contribution in [0, 0.1) is 0 Å². The first-order valence-corrected chi connectivity index (χ1v) is 7.44. The van der Waals surface area contributed by atoms with Crippen LogP contribution in [0.3, 0.4) is 0 Å². The molecule has 23 heavy (non-hydrogen) atoms. The minimum Gasteiger partial charge on any atom is -0.316 e. The van der Waals surface area contributed by atoms with Crippen molar-refractivity contribution in [1.82, 2.24) is 5.43 Å². The molecule has 0 heterocycles. The Labute approximate surface area is 147 Å². The van der Waals surface area contributed by atoms with Crippen LogP contribution in [0.2, 0.25) is 15.1 Å². The molecule has 2 aromatic carbocycles. The standard InChI is InChI=1S/C15H10Cl3N3O2/c16-10-5-6-12(18)13(7-10)20-14(22)15(23)21-19-8-9-3-1-2-4-11(9)17/h1-8H,(H,20,22)(H,21,23)/b19-8-. The molecule has 0 fully saturated rings. The summed E-state index contributed by atoms with van der Waals surface area (Å²) in [6.45, 7) is 0. The van der Waals surface area contributed by atoms with Crippen molar-refractivity contribution in [1.29, 1.82) is 0 Å². The molecular weight excluding hydrogens is 361 g/mol. The van der Waals surface area contributed by atoms with E-state index in [0.29, 0.717) is 15.6 Å². The molecule has 0 aliphatic carbocycles. The van der Waals surface area contributed by atoms with Gasteiger partial charge in [-0.1, -0.05) is 53.0 Å². The predicted octanol–water partition coefficient (Wildman–Crippen LogP) is 3.74. The minimum atomic E-state index is -0.954. The summed E-state index contributed by atoms with van der Waals surface area (Å²) in [4.78, 5) is 23.4. The van der Waals surface area contributed by atoms with Crippen LogP contribution in [0.25, 0.3) is 0 Å². The van der Waals surface area contributed by atoms with Crippen LogP contribution >= 0.6 is 34.8 Å². The number of halogens is 3. The smallest absolute Gasteiger partial charge is 0.316 e. The molecule has 0 unspecified atom stereocenters. The Morgan fingerprint density at radius 2 is 1.70 bits per heavy atom. The zero-order chi connectivity index (χ0) is 16.8. The molecule has 0 aliphatic rings. The Kier molecular flexibility index (Phi) is 5.98. The average Bonchev–Trinajstić information content (AvgIpc) is 2.52. The molecule has 0 saturated heterocycles. The molecule has 0 radical (unpaired) electrons. The normalized spacial score (nSPS) is 10.6. The van der Waals surface area contributed by atoms with Crippen molar-refractivity contribution < 1.29 is 9.59 Å². The fourth-order valence-electron chi connectivity index (χ4n) is 1.56. The number of carbonyl (C=O) groups is 2. The largest absolute Gasteiger partial charge is 0.329 e. The predicted molar refractivity (Wildman–Crippen MR) is 92.3 cm³/mol. The van der Waals surface area contributed by atoms with Crippen molar-refractivity contribution in [3.63, 3.8) is 0 Å². The topological polar surface area (TPSA) is 70.6 Å². The van der Waals surface area contributed by atoms with E-state index in [1.54, 1.807) is 30.3 Å². The van der Waals surface area contributed by atoms with Gasteiger partial charge in [0.05, 0.1) is 16.9 Å². The number of benzene rings is 2.